The molecule has 3 atom stereocenters. The van der Waals surface area contributed by atoms with Crippen LogP contribution in [0.15, 0.2) is 4.52 Å². The molecule has 0 spiro atoms. The summed E-state index contributed by atoms with van der Waals surface area (Å²) in [6.45, 7) is 2.09. The van der Waals surface area contributed by atoms with Crippen molar-refractivity contribution >= 4 is 11.8 Å². The topological polar surface area (TPSA) is 80.9 Å². The van der Waals surface area contributed by atoms with Gasteiger partial charge in [-0.15, -0.1) is 0 Å². The fourth-order valence-corrected chi connectivity index (χ4v) is 4.41. The van der Waals surface area contributed by atoms with Crippen LogP contribution in [0, 0.1) is 0 Å². The van der Waals surface area contributed by atoms with E-state index < -0.39 is 0 Å². The number of aliphatic hydroxyl groups is 1. The van der Waals surface area contributed by atoms with Crippen LogP contribution in [0.25, 0.3) is 0 Å². The fourth-order valence-electron chi connectivity index (χ4n) is 4.03. The van der Waals surface area contributed by atoms with E-state index in [1.165, 1.54) is 0 Å². The fraction of sp³-hybridized carbons (Fsp3) is 0.875. The van der Waals surface area contributed by atoms with Crippen molar-refractivity contribution < 1.29 is 19.1 Å². The quantitative estimate of drug-likeness (QED) is 0.749. The second-order valence-corrected chi connectivity index (χ2v) is 7.40. The van der Waals surface area contributed by atoms with Crippen LogP contribution in [0.4, 0.5) is 0 Å². The number of aliphatic hydroxyl groups excluding tert-OH is 1. The maximum Gasteiger partial charge on any atom is 0.240 e. The van der Waals surface area contributed by atoms with Gasteiger partial charge in [-0.1, -0.05) is 5.16 Å². The molecule has 1 N–H and O–H groups in total. The van der Waals surface area contributed by atoms with Gasteiger partial charge < -0.3 is 19.1 Å². The van der Waals surface area contributed by atoms with Crippen molar-refractivity contribution in [1.82, 2.24) is 15.0 Å². The van der Waals surface area contributed by atoms with E-state index >= 15 is 0 Å². The molecule has 2 aliphatic rings. The number of rotatable bonds is 8. The summed E-state index contributed by atoms with van der Waals surface area (Å²) in [5.74, 6) is 2.19. The van der Waals surface area contributed by atoms with Crippen molar-refractivity contribution in [2.24, 2.45) is 0 Å². The van der Waals surface area contributed by atoms with Crippen molar-refractivity contribution in [2.75, 3.05) is 33.1 Å². The molecular formula is C16H27N3O4S. The third-order valence-electron chi connectivity index (χ3n) is 5.22. The Balaban J connectivity index is 1.66. The average molecular weight is 357 g/mol. The Morgan fingerprint density at radius 3 is 3.08 bits per heavy atom. The molecule has 0 bridgehead atoms. The molecule has 1 aromatic rings. The average Bonchev–Trinajstić information content (AvgIpc) is 3.19. The van der Waals surface area contributed by atoms with Crippen LogP contribution in [-0.4, -0.2) is 71.0 Å². The van der Waals surface area contributed by atoms with Gasteiger partial charge in [0.05, 0.1) is 37.2 Å². The molecule has 1 aliphatic heterocycles. The first-order valence-corrected chi connectivity index (χ1v) is 9.92. The zero-order valence-electron chi connectivity index (χ0n) is 14.4. The number of nitrogens with zero attached hydrogens (tertiary/aromatic N) is 3. The SMILES string of the molecule is CO[C@]12CC[C@@H](OCCO)C[C@H]1N(Cc1nc(CSC)no1)CC2. The maximum atomic E-state index is 8.98. The number of aromatic nitrogens is 2. The molecule has 8 heteroatoms. The second kappa shape index (κ2) is 8.14. The molecule has 0 aromatic carbocycles. The highest BCUT2D eigenvalue weighted by molar-refractivity contribution is 7.97. The smallest absolute Gasteiger partial charge is 0.240 e. The number of methoxy groups -OCH3 is 1. The number of hydrogen-bond acceptors (Lipinski definition) is 8. The molecule has 1 saturated heterocycles. The van der Waals surface area contributed by atoms with E-state index in [1.54, 1.807) is 11.8 Å². The first kappa shape index (κ1) is 18.1. The summed E-state index contributed by atoms with van der Waals surface area (Å²) in [5, 5.41) is 13.0. The van der Waals surface area contributed by atoms with Gasteiger partial charge in [-0.3, -0.25) is 4.90 Å². The van der Waals surface area contributed by atoms with Crippen molar-refractivity contribution in [3.63, 3.8) is 0 Å². The van der Waals surface area contributed by atoms with E-state index in [-0.39, 0.29) is 24.4 Å². The monoisotopic (exact) mass is 357 g/mol. The number of thioether (sulfide) groups is 1. The van der Waals surface area contributed by atoms with Crippen LogP contribution >= 0.6 is 11.8 Å². The largest absolute Gasteiger partial charge is 0.394 e. The van der Waals surface area contributed by atoms with Gasteiger partial charge in [0.15, 0.2) is 5.82 Å². The minimum Gasteiger partial charge on any atom is -0.394 e. The molecule has 0 unspecified atom stereocenters. The van der Waals surface area contributed by atoms with E-state index in [0.717, 1.165) is 43.8 Å². The number of ether oxygens (including phenoxy) is 2. The standard InChI is InChI=1S/C16H27N3O4S/c1-21-16-4-3-12(22-8-7-20)9-13(16)19(6-5-16)10-15-17-14(11-24-2)18-23-15/h12-13,20H,3-11H2,1-2H3/t12-,13-,16+/m1/s1. The highest BCUT2D eigenvalue weighted by atomic mass is 32.2. The third kappa shape index (κ3) is 3.77. The molecule has 0 radical (unpaired) electrons. The molecule has 1 saturated carbocycles. The van der Waals surface area contributed by atoms with Gasteiger partial charge in [0, 0.05) is 19.7 Å². The van der Waals surface area contributed by atoms with E-state index in [2.05, 4.69) is 15.0 Å². The maximum absolute atomic E-state index is 8.98. The van der Waals surface area contributed by atoms with Crippen LogP contribution in [0.1, 0.15) is 37.4 Å². The Morgan fingerprint density at radius 1 is 1.46 bits per heavy atom. The highest BCUT2D eigenvalue weighted by Crippen LogP contribution is 2.43. The van der Waals surface area contributed by atoms with Crippen LogP contribution in [-0.2, 0) is 21.8 Å². The molecule has 2 heterocycles. The van der Waals surface area contributed by atoms with Gasteiger partial charge in [-0.2, -0.15) is 16.7 Å². The van der Waals surface area contributed by atoms with Crippen molar-refractivity contribution in [1.29, 1.82) is 0 Å². The lowest BCUT2D eigenvalue weighted by Crippen LogP contribution is -2.51. The molecule has 1 aliphatic carbocycles. The molecule has 24 heavy (non-hydrogen) atoms. The van der Waals surface area contributed by atoms with E-state index in [4.69, 9.17) is 19.1 Å². The molecule has 136 valence electrons. The normalized spacial score (nSPS) is 30.6. The predicted octanol–water partition coefficient (Wildman–Crippen LogP) is 1.45. The summed E-state index contributed by atoms with van der Waals surface area (Å²) in [4.78, 5) is 6.86. The number of fused-ring (bicyclic) bond motifs is 1. The lowest BCUT2D eigenvalue weighted by Gasteiger charge is -2.43. The second-order valence-electron chi connectivity index (χ2n) is 6.53. The predicted molar refractivity (Wildman–Crippen MR) is 90.7 cm³/mol. The zero-order valence-corrected chi connectivity index (χ0v) is 15.3. The van der Waals surface area contributed by atoms with Crippen LogP contribution in [0.2, 0.25) is 0 Å². The molecule has 7 nitrogen and oxygen atoms in total. The summed E-state index contributed by atoms with van der Waals surface area (Å²) >= 11 is 1.68. The summed E-state index contributed by atoms with van der Waals surface area (Å²) < 4.78 is 17.1. The van der Waals surface area contributed by atoms with Crippen LogP contribution < -0.4 is 0 Å². The Kier molecular flexibility index (Phi) is 6.15. The van der Waals surface area contributed by atoms with Crippen molar-refractivity contribution in [2.45, 2.75) is 55.7 Å². The van der Waals surface area contributed by atoms with Gasteiger partial charge in [0.2, 0.25) is 5.89 Å². The van der Waals surface area contributed by atoms with Gasteiger partial charge in [0.25, 0.3) is 0 Å². The summed E-state index contributed by atoms with van der Waals surface area (Å²) in [5.41, 5.74) is -0.0960. The zero-order chi connectivity index (χ0) is 17.0. The molecule has 0 amide bonds. The Hall–Kier alpha value is -0.670. The van der Waals surface area contributed by atoms with Crippen molar-refractivity contribution in [3.05, 3.63) is 11.7 Å². The highest BCUT2D eigenvalue weighted by Gasteiger charge is 2.51. The van der Waals surface area contributed by atoms with Crippen LogP contribution in [0.3, 0.4) is 0 Å². The van der Waals surface area contributed by atoms with Crippen LogP contribution in [0.5, 0.6) is 0 Å². The third-order valence-corrected chi connectivity index (χ3v) is 5.77. The number of likely N-dealkylation sites (tertiary alicyclic amines) is 1. The first-order valence-electron chi connectivity index (χ1n) is 8.53. The molecular weight excluding hydrogens is 330 g/mol. The van der Waals surface area contributed by atoms with E-state index in [1.807, 2.05) is 13.4 Å². The van der Waals surface area contributed by atoms with Crippen molar-refractivity contribution in [3.8, 4) is 0 Å². The summed E-state index contributed by atoms with van der Waals surface area (Å²) in [6, 6.07) is 0.288. The van der Waals surface area contributed by atoms with E-state index in [9.17, 15) is 0 Å². The Labute approximate surface area is 147 Å². The number of hydrogen-bond donors (Lipinski definition) is 1. The molecule has 2 fully saturated rings. The lowest BCUT2D eigenvalue weighted by molar-refractivity contribution is -0.105. The first-order chi connectivity index (χ1) is 11.7. The minimum absolute atomic E-state index is 0.0699. The van der Waals surface area contributed by atoms with Gasteiger partial charge >= 0.3 is 0 Å². The Bertz CT molecular complexity index is 529. The van der Waals surface area contributed by atoms with E-state index in [0.29, 0.717) is 19.0 Å². The summed E-state index contributed by atoms with van der Waals surface area (Å²) in [7, 11) is 1.81. The lowest BCUT2D eigenvalue weighted by atomic mass is 9.79. The van der Waals surface area contributed by atoms with Gasteiger partial charge in [-0.05, 0) is 31.9 Å². The molecule has 1 aromatic heterocycles. The minimum atomic E-state index is -0.0960. The Morgan fingerprint density at radius 2 is 2.33 bits per heavy atom. The van der Waals surface area contributed by atoms with Gasteiger partial charge in [0.1, 0.15) is 0 Å². The van der Waals surface area contributed by atoms with Gasteiger partial charge in [-0.25, -0.2) is 0 Å². The summed E-state index contributed by atoms with van der Waals surface area (Å²) in [6.07, 6.45) is 6.12. The molecule has 3 rings (SSSR count).